The summed E-state index contributed by atoms with van der Waals surface area (Å²) in [5.41, 5.74) is 1.22. The van der Waals surface area contributed by atoms with Crippen LogP contribution >= 0.6 is 0 Å². The summed E-state index contributed by atoms with van der Waals surface area (Å²) in [7, 11) is 0. The van der Waals surface area contributed by atoms with E-state index in [2.05, 4.69) is 24.4 Å². The summed E-state index contributed by atoms with van der Waals surface area (Å²) in [6.07, 6.45) is 7.04. The number of furan rings is 1. The highest BCUT2D eigenvalue weighted by molar-refractivity contribution is 5.13. The van der Waals surface area contributed by atoms with Gasteiger partial charge in [0, 0.05) is 0 Å². The molecule has 1 rings (SSSR count). The molecule has 0 aromatic carbocycles. The maximum atomic E-state index is 5.29. The van der Waals surface area contributed by atoms with Crippen molar-refractivity contribution < 1.29 is 4.42 Å². The van der Waals surface area contributed by atoms with Crippen molar-refractivity contribution in [3.63, 3.8) is 0 Å². The second-order valence-electron chi connectivity index (χ2n) is 3.06. The molecule has 1 aromatic rings. The topological polar surface area (TPSA) is 25.2 Å². The summed E-state index contributed by atoms with van der Waals surface area (Å²) in [4.78, 5) is 0. The molecule has 0 saturated carbocycles. The lowest BCUT2D eigenvalue weighted by Crippen LogP contribution is -2.14. The van der Waals surface area contributed by atoms with Crippen LogP contribution in [0.15, 0.2) is 28.9 Å². The number of allylic oxidation sites excluding steroid dienone is 1. The Morgan fingerprint density at radius 3 is 3.00 bits per heavy atom. The van der Waals surface area contributed by atoms with Gasteiger partial charge in [0.05, 0.1) is 12.8 Å². The molecule has 72 valence electrons. The maximum Gasteiger partial charge on any atom is 0.120 e. The van der Waals surface area contributed by atoms with Gasteiger partial charge in [-0.2, -0.15) is 0 Å². The number of hydrogen-bond donors (Lipinski definition) is 1. The molecule has 0 amide bonds. The number of nitrogens with one attached hydrogen (secondary N) is 1. The molecule has 0 bridgehead atoms. The first-order chi connectivity index (χ1) is 6.34. The van der Waals surface area contributed by atoms with Crippen molar-refractivity contribution >= 4 is 0 Å². The molecule has 1 aromatic heterocycles. The molecule has 0 fully saturated rings. The summed E-state index contributed by atoms with van der Waals surface area (Å²) >= 11 is 0. The van der Waals surface area contributed by atoms with E-state index in [1.165, 1.54) is 5.56 Å². The Kier molecular flexibility index (Phi) is 4.33. The van der Waals surface area contributed by atoms with Gasteiger partial charge in [0.25, 0.3) is 0 Å². The van der Waals surface area contributed by atoms with E-state index in [0.29, 0.717) is 0 Å². The third-order valence-corrected chi connectivity index (χ3v) is 1.98. The van der Waals surface area contributed by atoms with Gasteiger partial charge in [-0.3, -0.25) is 0 Å². The summed E-state index contributed by atoms with van der Waals surface area (Å²) in [6, 6.07) is 1.99. The first kappa shape index (κ1) is 10.1. The highest BCUT2D eigenvalue weighted by Crippen LogP contribution is 2.07. The van der Waals surface area contributed by atoms with E-state index in [9.17, 15) is 0 Å². The smallest absolute Gasteiger partial charge is 0.120 e. The Balaban J connectivity index is 2.16. The van der Waals surface area contributed by atoms with Crippen molar-refractivity contribution in [1.29, 1.82) is 0 Å². The molecule has 13 heavy (non-hydrogen) atoms. The van der Waals surface area contributed by atoms with Crippen molar-refractivity contribution in [1.82, 2.24) is 5.32 Å². The van der Waals surface area contributed by atoms with E-state index in [1.54, 1.807) is 6.26 Å². The molecular weight excluding hydrogens is 162 g/mol. The fraction of sp³-hybridized carbons (Fsp3) is 0.455. The maximum absolute atomic E-state index is 5.29. The summed E-state index contributed by atoms with van der Waals surface area (Å²) in [6.45, 7) is 5.93. The van der Waals surface area contributed by atoms with Gasteiger partial charge in [-0.05, 0) is 38.4 Å². The van der Waals surface area contributed by atoms with E-state index in [0.717, 1.165) is 25.3 Å². The van der Waals surface area contributed by atoms with Crippen LogP contribution in [0.25, 0.3) is 0 Å². The molecule has 2 nitrogen and oxygen atoms in total. The van der Waals surface area contributed by atoms with Crippen LogP contribution in [-0.2, 0) is 6.54 Å². The Morgan fingerprint density at radius 2 is 2.38 bits per heavy atom. The third kappa shape index (κ3) is 3.47. The SMILES string of the molecule is C/C=C/CCNCc1occc1C. The van der Waals surface area contributed by atoms with E-state index >= 15 is 0 Å². The van der Waals surface area contributed by atoms with E-state index in [4.69, 9.17) is 4.42 Å². The van der Waals surface area contributed by atoms with Crippen LogP contribution < -0.4 is 5.32 Å². The zero-order valence-corrected chi connectivity index (χ0v) is 8.34. The lowest BCUT2D eigenvalue weighted by atomic mass is 10.3. The lowest BCUT2D eigenvalue weighted by molar-refractivity contribution is 0.482. The molecule has 0 unspecified atom stereocenters. The monoisotopic (exact) mass is 179 g/mol. The Bertz CT molecular complexity index is 263. The van der Waals surface area contributed by atoms with Crippen molar-refractivity contribution in [2.45, 2.75) is 26.8 Å². The summed E-state index contributed by atoms with van der Waals surface area (Å²) in [5.74, 6) is 1.04. The van der Waals surface area contributed by atoms with Crippen LogP contribution in [0.1, 0.15) is 24.7 Å². The Morgan fingerprint density at radius 1 is 1.54 bits per heavy atom. The Labute approximate surface area is 79.6 Å². The fourth-order valence-electron chi connectivity index (χ4n) is 1.14. The standard InChI is InChI=1S/C11H17NO/c1-3-4-5-7-12-9-11-10(2)6-8-13-11/h3-4,6,8,12H,5,7,9H2,1-2H3/b4-3+. The van der Waals surface area contributed by atoms with E-state index in [1.807, 2.05) is 13.0 Å². The molecule has 1 N–H and O–H groups in total. The molecule has 0 aliphatic heterocycles. The van der Waals surface area contributed by atoms with Gasteiger partial charge in [-0.25, -0.2) is 0 Å². The van der Waals surface area contributed by atoms with Crippen LogP contribution in [0.2, 0.25) is 0 Å². The average molecular weight is 179 g/mol. The van der Waals surface area contributed by atoms with Gasteiger partial charge in [0.2, 0.25) is 0 Å². The largest absolute Gasteiger partial charge is 0.468 e. The minimum Gasteiger partial charge on any atom is -0.468 e. The highest BCUT2D eigenvalue weighted by Gasteiger charge is 1.99. The lowest BCUT2D eigenvalue weighted by Gasteiger charge is -2.00. The molecule has 0 aliphatic rings. The second-order valence-corrected chi connectivity index (χ2v) is 3.06. The average Bonchev–Trinajstić information content (AvgIpc) is 2.52. The molecule has 0 spiro atoms. The molecule has 1 heterocycles. The third-order valence-electron chi connectivity index (χ3n) is 1.98. The van der Waals surface area contributed by atoms with Gasteiger partial charge in [0.1, 0.15) is 5.76 Å². The van der Waals surface area contributed by atoms with Crippen LogP contribution in [0.3, 0.4) is 0 Å². The number of rotatable bonds is 5. The molecule has 0 atom stereocenters. The quantitative estimate of drug-likeness (QED) is 0.555. The minimum atomic E-state index is 0.830. The van der Waals surface area contributed by atoms with Crippen molar-refractivity contribution in [3.8, 4) is 0 Å². The van der Waals surface area contributed by atoms with Gasteiger partial charge in [0.15, 0.2) is 0 Å². The van der Waals surface area contributed by atoms with E-state index in [-0.39, 0.29) is 0 Å². The summed E-state index contributed by atoms with van der Waals surface area (Å²) < 4.78 is 5.29. The van der Waals surface area contributed by atoms with Crippen molar-refractivity contribution in [3.05, 3.63) is 35.8 Å². The highest BCUT2D eigenvalue weighted by atomic mass is 16.3. The number of hydrogen-bond acceptors (Lipinski definition) is 2. The second kappa shape index (κ2) is 5.60. The summed E-state index contributed by atoms with van der Waals surface area (Å²) in [5, 5.41) is 3.32. The van der Waals surface area contributed by atoms with Crippen LogP contribution in [0, 0.1) is 6.92 Å². The zero-order chi connectivity index (χ0) is 9.52. The number of aryl methyl sites for hydroxylation is 1. The predicted octanol–water partition coefficient (Wildman–Crippen LogP) is 2.64. The predicted molar refractivity (Wildman–Crippen MR) is 54.6 cm³/mol. The molecule has 0 radical (unpaired) electrons. The fourth-order valence-corrected chi connectivity index (χ4v) is 1.14. The van der Waals surface area contributed by atoms with Crippen LogP contribution in [-0.4, -0.2) is 6.54 Å². The molecular formula is C11H17NO. The van der Waals surface area contributed by atoms with E-state index < -0.39 is 0 Å². The van der Waals surface area contributed by atoms with Crippen LogP contribution in [0.4, 0.5) is 0 Å². The van der Waals surface area contributed by atoms with Crippen LogP contribution in [0.5, 0.6) is 0 Å². The minimum absolute atomic E-state index is 0.830. The Hall–Kier alpha value is -1.02. The van der Waals surface area contributed by atoms with Gasteiger partial charge >= 0.3 is 0 Å². The van der Waals surface area contributed by atoms with Crippen molar-refractivity contribution in [2.24, 2.45) is 0 Å². The molecule has 0 saturated heterocycles. The van der Waals surface area contributed by atoms with Gasteiger partial charge in [-0.15, -0.1) is 0 Å². The van der Waals surface area contributed by atoms with Crippen molar-refractivity contribution in [2.75, 3.05) is 6.54 Å². The zero-order valence-electron chi connectivity index (χ0n) is 8.34. The van der Waals surface area contributed by atoms with Gasteiger partial charge in [-0.1, -0.05) is 12.2 Å². The first-order valence-electron chi connectivity index (χ1n) is 4.69. The molecule has 2 heteroatoms. The normalized spacial score (nSPS) is 11.2. The molecule has 0 aliphatic carbocycles. The van der Waals surface area contributed by atoms with Gasteiger partial charge < -0.3 is 9.73 Å². The first-order valence-corrected chi connectivity index (χ1v) is 4.69.